The van der Waals surface area contributed by atoms with Crippen molar-refractivity contribution in [1.82, 2.24) is 5.32 Å². The first kappa shape index (κ1) is 29.1. The summed E-state index contributed by atoms with van der Waals surface area (Å²) >= 11 is 0. The quantitative estimate of drug-likeness (QED) is 0.282. The van der Waals surface area contributed by atoms with Gasteiger partial charge in [-0.1, -0.05) is 39.3 Å². The topological polar surface area (TPSA) is 73.9 Å². The van der Waals surface area contributed by atoms with Crippen LogP contribution < -0.4 is 5.32 Å². The second kappa shape index (κ2) is 10.8. The van der Waals surface area contributed by atoms with Crippen LogP contribution in [-0.2, 0) is 23.8 Å². The molecule has 0 aromatic carbocycles. The first-order chi connectivity index (χ1) is 18.4. The van der Waals surface area contributed by atoms with Gasteiger partial charge in [0.25, 0.3) is 0 Å². The summed E-state index contributed by atoms with van der Waals surface area (Å²) in [4.78, 5) is 23.0. The minimum atomic E-state index is -0.514. The third-order valence-electron chi connectivity index (χ3n) is 12.1. The second-order valence-electron chi connectivity index (χ2n) is 14.3. The highest BCUT2D eigenvalue weighted by molar-refractivity contribution is 5.72. The number of fused-ring (bicyclic) bond motifs is 7. The SMILES string of the molecule is CCO[C@]1(CC[C@@H](C)CNC(C)=O)O[C@H]2C[C@H]3[C@@H]4CC=C5C[C@H](OC(C)=O)CC[C@]5(C)[C@H]4CC[C@]3(C)[C@H]2[C@@H]1C. The lowest BCUT2D eigenvalue weighted by molar-refractivity contribution is -0.250. The van der Waals surface area contributed by atoms with Gasteiger partial charge in [0, 0.05) is 45.8 Å². The van der Waals surface area contributed by atoms with Crippen molar-refractivity contribution in [2.75, 3.05) is 13.2 Å². The molecule has 6 nitrogen and oxygen atoms in total. The molecule has 1 aliphatic heterocycles. The van der Waals surface area contributed by atoms with Gasteiger partial charge in [-0.2, -0.15) is 0 Å². The minimum absolute atomic E-state index is 0.0342. The molecule has 0 bridgehead atoms. The highest BCUT2D eigenvalue weighted by Crippen LogP contribution is 2.70. The lowest BCUT2D eigenvalue weighted by atomic mass is 9.47. The third-order valence-corrected chi connectivity index (χ3v) is 12.1. The molecule has 39 heavy (non-hydrogen) atoms. The number of esters is 1. The molecule has 5 rings (SSSR count). The van der Waals surface area contributed by atoms with Crippen molar-refractivity contribution in [2.45, 2.75) is 124 Å². The van der Waals surface area contributed by atoms with Crippen LogP contribution in [0.5, 0.6) is 0 Å². The van der Waals surface area contributed by atoms with E-state index in [-0.39, 0.29) is 34.9 Å². The summed E-state index contributed by atoms with van der Waals surface area (Å²) in [5, 5.41) is 2.97. The zero-order chi connectivity index (χ0) is 28.2. The lowest BCUT2D eigenvalue weighted by Crippen LogP contribution is -2.52. The number of amides is 1. The molecule has 220 valence electrons. The van der Waals surface area contributed by atoms with Gasteiger partial charge in [0.1, 0.15) is 6.10 Å². The van der Waals surface area contributed by atoms with Crippen molar-refractivity contribution in [1.29, 1.82) is 0 Å². The summed E-state index contributed by atoms with van der Waals surface area (Å²) in [5.41, 5.74) is 2.07. The molecule has 0 spiro atoms. The number of ether oxygens (including phenoxy) is 3. The van der Waals surface area contributed by atoms with E-state index in [2.05, 4.69) is 46.0 Å². The Morgan fingerprint density at radius 3 is 2.64 bits per heavy atom. The molecule has 1 heterocycles. The number of carbonyl (C=O) groups is 2. The molecule has 0 aromatic heterocycles. The normalized spacial score (nSPS) is 45.3. The summed E-state index contributed by atoms with van der Waals surface area (Å²) in [6.07, 6.45) is 12.6. The van der Waals surface area contributed by atoms with Crippen LogP contribution in [0.25, 0.3) is 0 Å². The number of hydrogen-bond donors (Lipinski definition) is 1. The van der Waals surface area contributed by atoms with E-state index in [1.54, 1.807) is 12.5 Å². The molecule has 0 unspecified atom stereocenters. The minimum Gasteiger partial charge on any atom is -0.462 e. The van der Waals surface area contributed by atoms with Gasteiger partial charge in [0.2, 0.25) is 5.91 Å². The first-order valence-corrected chi connectivity index (χ1v) is 15.9. The summed E-state index contributed by atoms with van der Waals surface area (Å²) in [6.45, 7) is 16.3. The third kappa shape index (κ3) is 5.00. The van der Waals surface area contributed by atoms with E-state index < -0.39 is 5.79 Å². The molecule has 4 aliphatic carbocycles. The fourth-order valence-corrected chi connectivity index (χ4v) is 10.3. The van der Waals surface area contributed by atoms with Gasteiger partial charge in [0.05, 0.1) is 6.10 Å². The van der Waals surface area contributed by atoms with E-state index in [9.17, 15) is 9.59 Å². The maximum absolute atomic E-state index is 11.6. The Kier molecular flexibility index (Phi) is 8.04. The Hall–Kier alpha value is -1.40. The van der Waals surface area contributed by atoms with Crippen molar-refractivity contribution >= 4 is 11.9 Å². The van der Waals surface area contributed by atoms with Gasteiger partial charge < -0.3 is 19.5 Å². The number of hydrogen-bond acceptors (Lipinski definition) is 5. The van der Waals surface area contributed by atoms with Crippen LogP contribution >= 0.6 is 0 Å². The van der Waals surface area contributed by atoms with E-state index in [1.807, 2.05) is 0 Å². The van der Waals surface area contributed by atoms with Crippen molar-refractivity contribution in [3.8, 4) is 0 Å². The predicted octanol–water partition coefficient (Wildman–Crippen LogP) is 6.43. The molecular formula is C33H53NO5. The van der Waals surface area contributed by atoms with Gasteiger partial charge in [-0.15, -0.1) is 0 Å². The second-order valence-corrected chi connectivity index (χ2v) is 14.3. The number of rotatable bonds is 8. The Morgan fingerprint density at radius 1 is 1.18 bits per heavy atom. The van der Waals surface area contributed by atoms with E-state index in [4.69, 9.17) is 14.2 Å². The highest BCUT2D eigenvalue weighted by Gasteiger charge is 2.68. The zero-order valence-corrected chi connectivity index (χ0v) is 25.5. The summed E-state index contributed by atoms with van der Waals surface area (Å²) in [6, 6.07) is 0. The molecule has 1 N–H and O–H groups in total. The van der Waals surface area contributed by atoms with E-state index in [0.29, 0.717) is 48.7 Å². The Balaban J connectivity index is 1.31. The van der Waals surface area contributed by atoms with E-state index in [0.717, 1.165) is 44.9 Å². The van der Waals surface area contributed by atoms with Gasteiger partial charge in [-0.05, 0) is 92.3 Å². The van der Waals surface area contributed by atoms with Crippen LogP contribution in [0, 0.1) is 46.3 Å². The van der Waals surface area contributed by atoms with Crippen molar-refractivity contribution in [2.24, 2.45) is 46.3 Å². The molecule has 11 atom stereocenters. The summed E-state index contributed by atoms with van der Waals surface area (Å²) in [5.74, 6) is 2.76. The van der Waals surface area contributed by atoms with Crippen LogP contribution in [0.4, 0.5) is 0 Å². The Morgan fingerprint density at radius 2 is 1.95 bits per heavy atom. The largest absolute Gasteiger partial charge is 0.462 e. The molecule has 0 aromatic rings. The van der Waals surface area contributed by atoms with Gasteiger partial charge in [0.15, 0.2) is 5.79 Å². The van der Waals surface area contributed by atoms with Gasteiger partial charge >= 0.3 is 5.97 Å². The van der Waals surface area contributed by atoms with Gasteiger partial charge in [-0.25, -0.2) is 0 Å². The smallest absolute Gasteiger partial charge is 0.302 e. The molecule has 3 saturated carbocycles. The average Bonchev–Trinajstić information content (AvgIpc) is 3.32. The Bertz CT molecular complexity index is 979. The zero-order valence-electron chi connectivity index (χ0n) is 25.5. The number of nitrogens with one attached hydrogen (secondary N) is 1. The molecule has 0 radical (unpaired) electrons. The van der Waals surface area contributed by atoms with Crippen LogP contribution in [0.2, 0.25) is 0 Å². The predicted molar refractivity (Wildman–Crippen MR) is 152 cm³/mol. The fourth-order valence-electron chi connectivity index (χ4n) is 10.3. The van der Waals surface area contributed by atoms with E-state index >= 15 is 0 Å². The van der Waals surface area contributed by atoms with Crippen molar-refractivity contribution < 1.29 is 23.8 Å². The van der Waals surface area contributed by atoms with Crippen molar-refractivity contribution in [3.63, 3.8) is 0 Å². The van der Waals surface area contributed by atoms with E-state index in [1.165, 1.54) is 19.8 Å². The van der Waals surface area contributed by atoms with Crippen LogP contribution in [0.15, 0.2) is 11.6 Å². The van der Waals surface area contributed by atoms with Crippen LogP contribution in [0.1, 0.15) is 106 Å². The van der Waals surface area contributed by atoms with Crippen molar-refractivity contribution in [3.05, 3.63) is 11.6 Å². The number of carbonyl (C=O) groups excluding carboxylic acids is 2. The first-order valence-electron chi connectivity index (χ1n) is 15.9. The summed E-state index contributed by atoms with van der Waals surface area (Å²) < 4.78 is 19.2. The highest BCUT2D eigenvalue weighted by atomic mass is 16.7. The van der Waals surface area contributed by atoms with Gasteiger partial charge in [-0.3, -0.25) is 9.59 Å². The molecule has 1 saturated heterocycles. The molecule has 5 aliphatic rings. The molecule has 1 amide bonds. The fraction of sp³-hybridized carbons (Fsp3) is 0.879. The maximum atomic E-state index is 11.6. The molecular weight excluding hydrogens is 490 g/mol. The van der Waals surface area contributed by atoms with Crippen LogP contribution in [-0.4, -0.2) is 43.0 Å². The molecule has 6 heteroatoms. The molecule has 4 fully saturated rings. The summed E-state index contributed by atoms with van der Waals surface area (Å²) in [7, 11) is 0. The maximum Gasteiger partial charge on any atom is 0.302 e. The average molecular weight is 544 g/mol. The monoisotopic (exact) mass is 543 g/mol. The standard InChI is InChI=1S/C33H53NO5/c1-8-37-33(16-11-20(2)19-34-22(4)35)21(3)30-29(39-33)18-28-26-10-9-24-17-25(38-23(5)36)12-14-31(24,6)27(26)13-15-32(28,30)7/h9,20-21,25-30H,8,10-19H2,1-7H3,(H,34,35)/t20-,21+,25-,26-,27+,28+,29+,30+,31+,32+,33-/m1/s1. The Labute approximate surface area is 236 Å². The number of allylic oxidation sites excluding steroid dienone is 1. The van der Waals surface area contributed by atoms with Crippen LogP contribution in [0.3, 0.4) is 0 Å². The lowest BCUT2D eigenvalue weighted by Gasteiger charge is -2.58.